The summed E-state index contributed by atoms with van der Waals surface area (Å²) in [6.07, 6.45) is -0.135. The van der Waals surface area contributed by atoms with Gasteiger partial charge in [-0.1, -0.05) is 29.8 Å². The van der Waals surface area contributed by atoms with Crippen molar-refractivity contribution in [1.29, 1.82) is 0 Å². The maximum absolute atomic E-state index is 13.9. The highest BCUT2D eigenvalue weighted by molar-refractivity contribution is 7.13. The van der Waals surface area contributed by atoms with Crippen molar-refractivity contribution in [2.75, 3.05) is 0 Å². The van der Waals surface area contributed by atoms with Gasteiger partial charge in [-0.3, -0.25) is 4.79 Å². The van der Waals surface area contributed by atoms with E-state index in [1.165, 1.54) is 23.5 Å². The Kier molecular flexibility index (Phi) is 5.31. The molecule has 0 saturated heterocycles. The third-order valence-electron chi connectivity index (χ3n) is 3.44. The molecule has 2 aromatic carbocycles. The molecule has 0 aliphatic heterocycles. The van der Waals surface area contributed by atoms with Crippen LogP contribution < -0.4 is 4.74 Å². The summed E-state index contributed by atoms with van der Waals surface area (Å²) >= 11 is 7.35. The predicted molar refractivity (Wildman–Crippen MR) is 94.6 cm³/mol. The van der Waals surface area contributed by atoms with Crippen molar-refractivity contribution in [3.8, 4) is 16.3 Å². The second-order valence-corrected chi connectivity index (χ2v) is 6.46. The number of benzene rings is 2. The molecule has 0 amide bonds. The molecule has 25 heavy (non-hydrogen) atoms. The maximum Gasteiger partial charge on any atom is 0.309 e. The van der Waals surface area contributed by atoms with Gasteiger partial charge in [-0.15, -0.1) is 11.3 Å². The molecule has 0 aliphatic rings. The van der Waals surface area contributed by atoms with Gasteiger partial charge in [0.25, 0.3) is 0 Å². The summed E-state index contributed by atoms with van der Waals surface area (Å²) in [5.41, 5.74) is 1.49. The zero-order valence-corrected chi connectivity index (χ0v) is 14.5. The average molecular weight is 378 g/mol. The lowest BCUT2D eigenvalue weighted by atomic mass is 10.2. The molecular weight excluding hydrogens is 365 g/mol. The Labute approximate surface area is 152 Å². The molecule has 128 valence electrons. The number of aliphatic carboxylic acids is 1. The van der Waals surface area contributed by atoms with Crippen LogP contribution in [0.4, 0.5) is 4.39 Å². The molecule has 1 heterocycles. The van der Waals surface area contributed by atoms with E-state index in [1.54, 1.807) is 23.6 Å². The predicted octanol–water partition coefficient (Wildman–Crippen LogP) is 4.81. The van der Waals surface area contributed by atoms with Crippen LogP contribution in [0.3, 0.4) is 0 Å². The van der Waals surface area contributed by atoms with Gasteiger partial charge in [0.1, 0.15) is 23.2 Å². The van der Waals surface area contributed by atoms with Crippen molar-refractivity contribution in [2.45, 2.75) is 13.0 Å². The largest absolute Gasteiger partial charge is 0.488 e. The van der Waals surface area contributed by atoms with E-state index < -0.39 is 11.8 Å². The van der Waals surface area contributed by atoms with Gasteiger partial charge in [0, 0.05) is 10.9 Å². The number of ether oxygens (including phenoxy) is 1. The number of aromatic nitrogens is 1. The third kappa shape index (κ3) is 4.15. The first-order valence-corrected chi connectivity index (χ1v) is 8.61. The van der Waals surface area contributed by atoms with Gasteiger partial charge in [-0.25, -0.2) is 9.37 Å². The van der Waals surface area contributed by atoms with Crippen molar-refractivity contribution in [2.24, 2.45) is 0 Å². The van der Waals surface area contributed by atoms with Crippen LogP contribution in [0.25, 0.3) is 10.6 Å². The number of carboxylic acids is 1. The van der Waals surface area contributed by atoms with E-state index in [0.29, 0.717) is 21.5 Å². The molecule has 4 nitrogen and oxygen atoms in total. The fraction of sp³-hybridized carbons (Fsp3) is 0.111. The minimum absolute atomic E-state index is 0.0180. The Morgan fingerprint density at radius 1 is 1.24 bits per heavy atom. The smallest absolute Gasteiger partial charge is 0.309 e. The van der Waals surface area contributed by atoms with E-state index in [-0.39, 0.29) is 18.6 Å². The quantitative estimate of drug-likeness (QED) is 0.669. The van der Waals surface area contributed by atoms with Gasteiger partial charge in [0.05, 0.1) is 22.7 Å². The zero-order chi connectivity index (χ0) is 17.8. The number of halogens is 2. The molecule has 7 heteroatoms. The number of carbonyl (C=O) groups is 1. The van der Waals surface area contributed by atoms with Crippen LogP contribution in [0.15, 0.2) is 47.8 Å². The highest BCUT2D eigenvalue weighted by Gasteiger charge is 2.14. The van der Waals surface area contributed by atoms with Gasteiger partial charge in [-0.2, -0.15) is 0 Å². The average Bonchev–Trinajstić information content (AvgIpc) is 3.02. The van der Waals surface area contributed by atoms with Gasteiger partial charge in [-0.05, 0) is 24.3 Å². The summed E-state index contributed by atoms with van der Waals surface area (Å²) in [5.74, 6) is -0.836. The molecule has 0 unspecified atom stereocenters. The third-order valence-corrected chi connectivity index (χ3v) is 4.71. The number of hydrogen-bond donors (Lipinski definition) is 1. The van der Waals surface area contributed by atoms with Gasteiger partial charge in [0.2, 0.25) is 0 Å². The molecule has 0 aliphatic carbocycles. The van der Waals surface area contributed by atoms with Gasteiger partial charge >= 0.3 is 5.97 Å². The van der Waals surface area contributed by atoms with E-state index in [9.17, 15) is 9.18 Å². The zero-order valence-electron chi connectivity index (χ0n) is 12.9. The lowest BCUT2D eigenvalue weighted by molar-refractivity contribution is -0.136. The Bertz CT molecular complexity index is 893. The van der Waals surface area contributed by atoms with Crippen LogP contribution in [-0.4, -0.2) is 16.1 Å². The van der Waals surface area contributed by atoms with Crippen LogP contribution >= 0.6 is 22.9 Å². The number of carboxylic acid groups (broad SMARTS) is 1. The lowest BCUT2D eigenvalue weighted by Gasteiger charge is -2.11. The van der Waals surface area contributed by atoms with Crippen LogP contribution in [0.5, 0.6) is 5.75 Å². The molecule has 3 rings (SSSR count). The Balaban J connectivity index is 1.84. The van der Waals surface area contributed by atoms with E-state index in [4.69, 9.17) is 21.4 Å². The fourth-order valence-corrected chi connectivity index (χ4v) is 3.32. The normalized spacial score (nSPS) is 10.6. The molecule has 0 bridgehead atoms. The second kappa shape index (κ2) is 7.63. The summed E-state index contributed by atoms with van der Waals surface area (Å²) in [4.78, 5) is 15.1. The summed E-state index contributed by atoms with van der Waals surface area (Å²) in [6, 6.07) is 11.7. The topological polar surface area (TPSA) is 59.4 Å². The first-order valence-electron chi connectivity index (χ1n) is 7.36. The summed E-state index contributed by atoms with van der Waals surface area (Å²) < 4.78 is 19.6. The SMILES string of the molecule is O=C(O)Cc1csc(-c2ccccc2OCc2c(F)cccc2Cl)n1. The number of nitrogens with zero attached hydrogens (tertiary/aromatic N) is 1. The second-order valence-electron chi connectivity index (χ2n) is 5.20. The summed E-state index contributed by atoms with van der Waals surface area (Å²) in [6.45, 7) is -0.0180. The standard InChI is InChI=1S/C18H13ClFNO3S/c19-14-5-3-6-15(20)13(14)9-24-16-7-2-1-4-12(16)18-21-11(10-25-18)8-17(22)23/h1-7,10H,8-9H2,(H,22,23). The lowest BCUT2D eigenvalue weighted by Crippen LogP contribution is -2.01. The molecule has 1 N–H and O–H groups in total. The Morgan fingerprint density at radius 3 is 2.80 bits per heavy atom. The van der Waals surface area contributed by atoms with Crippen LogP contribution in [0, 0.1) is 5.82 Å². The first kappa shape index (κ1) is 17.4. The highest BCUT2D eigenvalue weighted by Crippen LogP contribution is 2.33. The fourth-order valence-electron chi connectivity index (χ4n) is 2.26. The molecular formula is C18H13ClFNO3S. The molecule has 0 spiro atoms. The van der Waals surface area contributed by atoms with E-state index in [2.05, 4.69) is 4.98 Å². The van der Waals surface area contributed by atoms with E-state index in [0.717, 1.165) is 5.56 Å². The van der Waals surface area contributed by atoms with Crippen molar-refractivity contribution in [3.05, 3.63) is 69.9 Å². The monoisotopic (exact) mass is 377 g/mol. The number of para-hydroxylation sites is 1. The summed E-state index contributed by atoms with van der Waals surface area (Å²) in [5, 5.41) is 11.5. The van der Waals surface area contributed by atoms with Crippen molar-refractivity contribution >= 4 is 28.9 Å². The number of hydrogen-bond acceptors (Lipinski definition) is 4. The summed E-state index contributed by atoms with van der Waals surface area (Å²) in [7, 11) is 0. The minimum Gasteiger partial charge on any atom is -0.488 e. The molecule has 0 saturated carbocycles. The minimum atomic E-state index is -0.935. The Hall–Kier alpha value is -2.44. The van der Waals surface area contributed by atoms with Gasteiger partial charge < -0.3 is 9.84 Å². The van der Waals surface area contributed by atoms with E-state index >= 15 is 0 Å². The van der Waals surface area contributed by atoms with Crippen LogP contribution in [0.2, 0.25) is 5.02 Å². The van der Waals surface area contributed by atoms with Crippen molar-refractivity contribution in [1.82, 2.24) is 4.98 Å². The Morgan fingerprint density at radius 2 is 2.04 bits per heavy atom. The molecule has 0 fully saturated rings. The number of thiazole rings is 1. The maximum atomic E-state index is 13.9. The highest BCUT2D eigenvalue weighted by atomic mass is 35.5. The molecule has 0 radical (unpaired) electrons. The van der Waals surface area contributed by atoms with Crippen LogP contribution in [0.1, 0.15) is 11.3 Å². The molecule has 1 aromatic heterocycles. The molecule has 0 atom stereocenters. The molecule has 3 aromatic rings. The van der Waals surface area contributed by atoms with Crippen molar-refractivity contribution < 1.29 is 19.0 Å². The van der Waals surface area contributed by atoms with Gasteiger partial charge in [0.15, 0.2) is 0 Å². The number of rotatable bonds is 6. The van der Waals surface area contributed by atoms with E-state index in [1.807, 2.05) is 12.1 Å². The van der Waals surface area contributed by atoms with Crippen LogP contribution in [-0.2, 0) is 17.8 Å². The first-order chi connectivity index (χ1) is 12.0. The van der Waals surface area contributed by atoms with Crippen molar-refractivity contribution in [3.63, 3.8) is 0 Å².